The summed E-state index contributed by atoms with van der Waals surface area (Å²) >= 11 is 0.790. The smallest absolute Gasteiger partial charge is 0.301 e. The van der Waals surface area contributed by atoms with E-state index in [4.69, 9.17) is 32.8 Å². The van der Waals surface area contributed by atoms with Crippen LogP contribution in [-0.2, 0) is 19.4 Å². The normalized spacial score (nSPS) is 11.7. The highest BCUT2D eigenvalue weighted by Gasteiger charge is 2.12. The minimum atomic E-state index is -0.841. The SMILES string of the molecule is N=C(N)SC(=NC(=O)CCC(=O)N=C(OO)SC(=N)N)OO. The second-order valence-electron chi connectivity index (χ2n) is 3.16. The lowest BCUT2D eigenvalue weighted by Crippen LogP contribution is -2.13. The van der Waals surface area contributed by atoms with Crippen LogP contribution >= 0.6 is 23.5 Å². The summed E-state index contributed by atoms with van der Waals surface area (Å²) in [6.45, 7) is 0. The van der Waals surface area contributed by atoms with E-state index in [1.165, 1.54) is 0 Å². The molecule has 122 valence electrons. The first-order valence-corrected chi connectivity index (χ1v) is 6.81. The van der Waals surface area contributed by atoms with Gasteiger partial charge >= 0.3 is 10.5 Å². The van der Waals surface area contributed by atoms with Crippen molar-refractivity contribution in [2.45, 2.75) is 12.8 Å². The molecule has 0 saturated heterocycles. The van der Waals surface area contributed by atoms with Crippen molar-refractivity contribution in [1.82, 2.24) is 0 Å². The molecule has 22 heavy (non-hydrogen) atoms. The van der Waals surface area contributed by atoms with Crippen LogP contribution in [0.2, 0.25) is 0 Å². The fourth-order valence-corrected chi connectivity index (χ4v) is 1.59. The molecule has 2 amide bonds. The number of rotatable bonds is 3. The van der Waals surface area contributed by atoms with Crippen LogP contribution in [0.5, 0.6) is 0 Å². The van der Waals surface area contributed by atoms with Crippen LogP contribution in [-0.4, -0.2) is 43.1 Å². The van der Waals surface area contributed by atoms with E-state index >= 15 is 0 Å². The number of carbonyl (C=O) groups excluding carboxylic acids is 2. The van der Waals surface area contributed by atoms with E-state index in [0.717, 1.165) is 0 Å². The van der Waals surface area contributed by atoms with Crippen LogP contribution in [0.15, 0.2) is 9.98 Å². The van der Waals surface area contributed by atoms with Crippen LogP contribution in [0, 0.1) is 10.8 Å². The highest BCUT2D eigenvalue weighted by Crippen LogP contribution is 2.07. The summed E-state index contributed by atoms with van der Waals surface area (Å²) in [5.74, 6) is -1.68. The molecule has 14 heteroatoms. The highest BCUT2D eigenvalue weighted by atomic mass is 32.2. The van der Waals surface area contributed by atoms with Gasteiger partial charge in [-0.05, 0) is 0 Å². The van der Waals surface area contributed by atoms with Crippen molar-refractivity contribution >= 4 is 56.1 Å². The molecule has 0 heterocycles. The number of hydrogen-bond donors (Lipinski definition) is 6. The third kappa shape index (κ3) is 9.70. The van der Waals surface area contributed by atoms with Gasteiger partial charge in [0.15, 0.2) is 10.3 Å². The molecule has 0 aliphatic heterocycles. The lowest BCUT2D eigenvalue weighted by atomic mass is 10.3. The first kappa shape index (κ1) is 19.8. The van der Waals surface area contributed by atoms with E-state index in [0.29, 0.717) is 23.5 Å². The van der Waals surface area contributed by atoms with E-state index in [1.807, 2.05) is 0 Å². The molecular weight excluding hydrogens is 340 g/mol. The molecule has 0 aliphatic rings. The number of aliphatic imine (C=N–C) groups is 2. The van der Waals surface area contributed by atoms with Crippen LogP contribution in [0.25, 0.3) is 0 Å². The van der Waals surface area contributed by atoms with Crippen LogP contribution in [0.1, 0.15) is 12.8 Å². The average molecular weight is 352 g/mol. The molecule has 8 N–H and O–H groups in total. The second-order valence-corrected chi connectivity index (χ2v) is 5.14. The lowest BCUT2D eigenvalue weighted by molar-refractivity contribution is -0.151. The van der Waals surface area contributed by atoms with Crippen molar-refractivity contribution in [1.29, 1.82) is 10.8 Å². The zero-order chi connectivity index (χ0) is 17.1. The van der Waals surface area contributed by atoms with Crippen molar-refractivity contribution in [2.75, 3.05) is 0 Å². The molecule has 0 radical (unpaired) electrons. The Labute approximate surface area is 131 Å². The van der Waals surface area contributed by atoms with Gasteiger partial charge in [0, 0.05) is 36.4 Å². The average Bonchev–Trinajstić information content (AvgIpc) is 2.42. The summed E-state index contributed by atoms with van der Waals surface area (Å²) < 4.78 is 0. The molecular formula is C8H12N6O6S2. The number of amidine groups is 2. The van der Waals surface area contributed by atoms with Gasteiger partial charge in [-0.3, -0.25) is 20.4 Å². The van der Waals surface area contributed by atoms with E-state index in [9.17, 15) is 9.59 Å². The Hall–Kier alpha value is -2.16. The summed E-state index contributed by atoms with van der Waals surface area (Å²) in [7, 11) is 0. The zero-order valence-electron chi connectivity index (χ0n) is 10.8. The summed E-state index contributed by atoms with van der Waals surface area (Å²) in [6, 6.07) is 0. The predicted octanol–water partition coefficient (Wildman–Crippen LogP) is -0.236. The summed E-state index contributed by atoms with van der Waals surface area (Å²) in [4.78, 5) is 36.8. The maximum atomic E-state index is 11.4. The van der Waals surface area contributed by atoms with Gasteiger partial charge in [0.25, 0.3) is 0 Å². The molecule has 0 bridgehead atoms. The number of amides is 2. The molecule has 0 rings (SSSR count). The van der Waals surface area contributed by atoms with Gasteiger partial charge in [-0.15, -0.1) is 0 Å². The Morgan fingerprint density at radius 1 is 0.909 bits per heavy atom. The van der Waals surface area contributed by atoms with Crippen molar-refractivity contribution in [3.05, 3.63) is 0 Å². The van der Waals surface area contributed by atoms with Crippen LogP contribution in [0.3, 0.4) is 0 Å². The molecule has 0 unspecified atom stereocenters. The van der Waals surface area contributed by atoms with Gasteiger partial charge in [-0.2, -0.15) is 9.98 Å². The first-order chi connectivity index (χ1) is 10.3. The van der Waals surface area contributed by atoms with Gasteiger partial charge in [-0.1, -0.05) is 0 Å². The Bertz CT molecular complexity index is 475. The summed E-state index contributed by atoms with van der Waals surface area (Å²) in [5, 5.41) is 28.6. The molecule has 0 aliphatic carbocycles. The van der Waals surface area contributed by atoms with Gasteiger partial charge in [0.1, 0.15) is 0 Å². The van der Waals surface area contributed by atoms with Gasteiger partial charge < -0.3 is 21.2 Å². The van der Waals surface area contributed by atoms with Crippen molar-refractivity contribution in [2.24, 2.45) is 21.5 Å². The maximum Gasteiger partial charge on any atom is 0.301 e. The molecule has 0 fully saturated rings. The first-order valence-electron chi connectivity index (χ1n) is 5.18. The Morgan fingerprint density at radius 3 is 1.45 bits per heavy atom. The second kappa shape index (κ2) is 10.6. The Kier molecular flexibility index (Phi) is 9.51. The number of nitrogens with one attached hydrogen (secondary N) is 2. The minimum absolute atomic E-state index is 0.392. The number of nitrogens with zero attached hydrogens (tertiary/aromatic N) is 2. The summed E-state index contributed by atoms with van der Waals surface area (Å²) in [6.07, 6.45) is -0.784. The van der Waals surface area contributed by atoms with Gasteiger partial charge in [0.2, 0.25) is 11.8 Å². The molecule has 0 spiro atoms. The highest BCUT2D eigenvalue weighted by molar-refractivity contribution is 8.26. The molecule has 0 aromatic rings. The zero-order valence-corrected chi connectivity index (χ0v) is 12.4. The van der Waals surface area contributed by atoms with Gasteiger partial charge in [0.05, 0.1) is 0 Å². The predicted molar refractivity (Wildman–Crippen MR) is 80.6 cm³/mol. The Balaban J connectivity index is 4.53. The quantitative estimate of drug-likeness (QED) is 0.169. The maximum absolute atomic E-state index is 11.4. The largest absolute Gasteiger partial charge is 0.378 e. The molecule has 0 aromatic heterocycles. The van der Waals surface area contributed by atoms with Crippen molar-refractivity contribution in [3.63, 3.8) is 0 Å². The number of thioether (sulfide) groups is 2. The van der Waals surface area contributed by atoms with E-state index < -0.39 is 45.5 Å². The van der Waals surface area contributed by atoms with E-state index in [1.54, 1.807) is 0 Å². The summed E-state index contributed by atoms with van der Waals surface area (Å²) in [5.41, 5.74) is 10.0. The standard InChI is InChI=1S/C8H12N6O6S2/c9-5(10)21-7(19-17)13-3(15)1-2-4(16)14-8(20-18)22-6(11)12/h17-18H,1-2H2,(H3,9,10)(H3,11,12). The van der Waals surface area contributed by atoms with Gasteiger partial charge in [-0.25, -0.2) is 10.5 Å². The van der Waals surface area contributed by atoms with E-state index in [2.05, 4.69) is 19.8 Å². The van der Waals surface area contributed by atoms with E-state index in [-0.39, 0.29) is 0 Å². The minimum Gasteiger partial charge on any atom is -0.378 e. The molecule has 0 aromatic carbocycles. The van der Waals surface area contributed by atoms with Crippen molar-refractivity contribution in [3.8, 4) is 0 Å². The Morgan fingerprint density at radius 2 is 1.23 bits per heavy atom. The van der Waals surface area contributed by atoms with Crippen LogP contribution < -0.4 is 11.5 Å². The fourth-order valence-electron chi connectivity index (χ4n) is 0.841. The monoisotopic (exact) mass is 352 g/mol. The molecule has 0 atom stereocenters. The topological polar surface area (TPSA) is 218 Å². The van der Waals surface area contributed by atoms with Crippen molar-refractivity contribution < 1.29 is 29.9 Å². The lowest BCUT2D eigenvalue weighted by Gasteiger charge is -2.00. The number of carbonyl (C=O) groups is 2. The number of hydrogen-bond acceptors (Lipinski definition) is 10. The third-order valence-electron chi connectivity index (χ3n) is 1.54. The molecule has 12 nitrogen and oxygen atoms in total. The fraction of sp³-hybridized carbons (Fsp3) is 0.250. The number of nitrogens with two attached hydrogens (primary N) is 2. The van der Waals surface area contributed by atoms with Crippen LogP contribution in [0.4, 0.5) is 0 Å². The molecule has 0 saturated carbocycles. The third-order valence-corrected chi connectivity index (χ3v) is 2.66.